The van der Waals surface area contributed by atoms with Crippen molar-refractivity contribution in [3.05, 3.63) is 24.3 Å². The maximum absolute atomic E-state index is 9.74. The molecule has 0 amide bonds. The lowest BCUT2D eigenvalue weighted by Gasteiger charge is -2.21. The van der Waals surface area contributed by atoms with Gasteiger partial charge in [0.2, 0.25) is 5.95 Å². The zero-order valence-corrected chi connectivity index (χ0v) is 10.1. The van der Waals surface area contributed by atoms with E-state index in [2.05, 4.69) is 15.3 Å². The molecule has 1 atom stereocenters. The maximum Gasteiger partial charge on any atom is 0.222 e. The van der Waals surface area contributed by atoms with Gasteiger partial charge in [0, 0.05) is 11.9 Å². The SMILES string of the molecule is CC(O)(CO)CNc1nc(N)nc2ccccc12. The van der Waals surface area contributed by atoms with Crippen LogP contribution in [-0.4, -0.2) is 38.9 Å². The maximum atomic E-state index is 9.74. The molecule has 0 saturated carbocycles. The van der Waals surface area contributed by atoms with Crippen LogP contribution in [-0.2, 0) is 0 Å². The molecule has 96 valence electrons. The summed E-state index contributed by atoms with van der Waals surface area (Å²) in [6.07, 6.45) is 0. The minimum Gasteiger partial charge on any atom is -0.393 e. The molecule has 0 radical (unpaired) electrons. The van der Waals surface area contributed by atoms with E-state index in [1.54, 1.807) is 0 Å². The third-order valence-corrected chi connectivity index (χ3v) is 2.60. The highest BCUT2D eigenvalue weighted by atomic mass is 16.3. The van der Waals surface area contributed by atoms with Gasteiger partial charge in [0.05, 0.1) is 12.1 Å². The predicted octanol–water partition coefficient (Wildman–Crippen LogP) is 0.367. The van der Waals surface area contributed by atoms with E-state index in [0.29, 0.717) is 5.82 Å². The number of para-hydroxylation sites is 1. The average Bonchev–Trinajstić information content (AvgIpc) is 2.36. The lowest BCUT2D eigenvalue weighted by atomic mass is 10.1. The first-order chi connectivity index (χ1) is 8.52. The summed E-state index contributed by atoms with van der Waals surface area (Å²) in [5.74, 6) is 0.715. The van der Waals surface area contributed by atoms with Crippen LogP contribution in [0.1, 0.15) is 6.92 Å². The Morgan fingerprint density at radius 1 is 1.33 bits per heavy atom. The lowest BCUT2D eigenvalue weighted by molar-refractivity contribution is 0.0132. The molecule has 0 aliphatic carbocycles. The fourth-order valence-electron chi connectivity index (χ4n) is 1.56. The third-order valence-electron chi connectivity index (χ3n) is 2.60. The van der Waals surface area contributed by atoms with Gasteiger partial charge in [0.25, 0.3) is 0 Å². The molecule has 0 aliphatic rings. The second-order valence-electron chi connectivity index (χ2n) is 4.46. The first-order valence-corrected chi connectivity index (χ1v) is 5.61. The number of rotatable bonds is 4. The van der Waals surface area contributed by atoms with Gasteiger partial charge in [-0.25, -0.2) is 4.98 Å². The number of nitrogen functional groups attached to an aromatic ring is 1. The monoisotopic (exact) mass is 248 g/mol. The number of nitrogens with zero attached hydrogens (tertiary/aromatic N) is 2. The summed E-state index contributed by atoms with van der Waals surface area (Å²) in [7, 11) is 0. The molecule has 18 heavy (non-hydrogen) atoms. The second-order valence-corrected chi connectivity index (χ2v) is 4.46. The van der Waals surface area contributed by atoms with Gasteiger partial charge < -0.3 is 21.3 Å². The molecule has 6 nitrogen and oxygen atoms in total. The Kier molecular flexibility index (Phi) is 3.31. The normalized spacial score (nSPS) is 14.4. The first kappa shape index (κ1) is 12.5. The number of anilines is 2. The summed E-state index contributed by atoms with van der Waals surface area (Å²) in [6.45, 7) is 1.37. The average molecular weight is 248 g/mol. The fraction of sp³-hybridized carbons (Fsp3) is 0.333. The molecule has 5 N–H and O–H groups in total. The predicted molar refractivity (Wildman–Crippen MR) is 70.1 cm³/mol. The van der Waals surface area contributed by atoms with Gasteiger partial charge >= 0.3 is 0 Å². The van der Waals surface area contributed by atoms with Crippen molar-refractivity contribution in [2.75, 3.05) is 24.2 Å². The summed E-state index contributed by atoms with van der Waals surface area (Å²) < 4.78 is 0. The van der Waals surface area contributed by atoms with E-state index in [1.165, 1.54) is 6.92 Å². The second kappa shape index (κ2) is 4.75. The van der Waals surface area contributed by atoms with E-state index in [4.69, 9.17) is 10.8 Å². The fourth-order valence-corrected chi connectivity index (χ4v) is 1.56. The van der Waals surface area contributed by atoms with Gasteiger partial charge in [-0.2, -0.15) is 4.98 Å². The number of aromatic nitrogens is 2. The summed E-state index contributed by atoms with van der Waals surface area (Å²) in [6, 6.07) is 7.44. The number of aliphatic hydroxyl groups is 2. The molecular formula is C12H16N4O2. The highest BCUT2D eigenvalue weighted by molar-refractivity contribution is 5.89. The molecule has 0 bridgehead atoms. The van der Waals surface area contributed by atoms with Crippen LogP contribution < -0.4 is 11.1 Å². The Morgan fingerprint density at radius 2 is 2.06 bits per heavy atom. The van der Waals surface area contributed by atoms with Crippen molar-refractivity contribution in [1.82, 2.24) is 9.97 Å². The van der Waals surface area contributed by atoms with Gasteiger partial charge in [-0.1, -0.05) is 12.1 Å². The number of hydrogen-bond acceptors (Lipinski definition) is 6. The Balaban J connectivity index is 2.33. The van der Waals surface area contributed by atoms with Crippen LogP contribution in [0.15, 0.2) is 24.3 Å². The molecule has 0 spiro atoms. The standard InChI is InChI=1S/C12H16N4O2/c1-12(18,7-17)6-14-10-8-4-2-3-5-9(8)15-11(13)16-10/h2-5,17-18H,6-7H2,1H3,(H3,13,14,15,16). The van der Waals surface area contributed by atoms with E-state index in [1.807, 2.05) is 24.3 Å². The van der Waals surface area contributed by atoms with Crippen LogP contribution in [0.4, 0.5) is 11.8 Å². The molecular weight excluding hydrogens is 232 g/mol. The molecule has 2 aromatic rings. The molecule has 0 aliphatic heterocycles. The summed E-state index contributed by atoms with van der Waals surface area (Å²) in [5.41, 5.74) is 5.15. The number of benzene rings is 1. The number of nitrogens with two attached hydrogens (primary N) is 1. The van der Waals surface area contributed by atoms with Crippen molar-refractivity contribution >= 4 is 22.7 Å². The minimum atomic E-state index is -1.21. The molecule has 1 unspecified atom stereocenters. The van der Waals surface area contributed by atoms with Gasteiger partial charge in [0.15, 0.2) is 0 Å². The van der Waals surface area contributed by atoms with Crippen LogP contribution in [0.2, 0.25) is 0 Å². The quantitative estimate of drug-likeness (QED) is 0.623. The smallest absolute Gasteiger partial charge is 0.222 e. The lowest BCUT2D eigenvalue weighted by Crippen LogP contribution is -2.37. The van der Waals surface area contributed by atoms with E-state index < -0.39 is 5.60 Å². The van der Waals surface area contributed by atoms with Crippen molar-refractivity contribution < 1.29 is 10.2 Å². The number of nitrogens with one attached hydrogen (secondary N) is 1. The van der Waals surface area contributed by atoms with E-state index >= 15 is 0 Å². The zero-order chi connectivity index (χ0) is 13.2. The third kappa shape index (κ3) is 2.66. The molecule has 2 rings (SSSR count). The van der Waals surface area contributed by atoms with Gasteiger partial charge in [-0.05, 0) is 19.1 Å². The van der Waals surface area contributed by atoms with Crippen LogP contribution in [0.25, 0.3) is 10.9 Å². The Labute approximate surface area is 104 Å². The topological polar surface area (TPSA) is 104 Å². The first-order valence-electron chi connectivity index (χ1n) is 5.61. The van der Waals surface area contributed by atoms with Crippen molar-refractivity contribution in [3.8, 4) is 0 Å². The van der Waals surface area contributed by atoms with Crippen LogP contribution in [0, 0.1) is 0 Å². The summed E-state index contributed by atoms with van der Waals surface area (Å²) in [4.78, 5) is 8.22. The molecule has 1 heterocycles. The van der Waals surface area contributed by atoms with Crippen LogP contribution in [0.5, 0.6) is 0 Å². The summed E-state index contributed by atoms with van der Waals surface area (Å²) in [5, 5.41) is 22.5. The van der Waals surface area contributed by atoms with Gasteiger partial charge in [-0.15, -0.1) is 0 Å². The molecule has 1 aromatic heterocycles. The van der Waals surface area contributed by atoms with Crippen molar-refractivity contribution in [2.24, 2.45) is 0 Å². The van der Waals surface area contributed by atoms with Crippen molar-refractivity contribution in [1.29, 1.82) is 0 Å². The van der Waals surface area contributed by atoms with Crippen LogP contribution in [0.3, 0.4) is 0 Å². The van der Waals surface area contributed by atoms with Gasteiger partial charge in [0.1, 0.15) is 11.4 Å². The Bertz CT molecular complexity index is 557. The minimum absolute atomic E-state index is 0.167. The van der Waals surface area contributed by atoms with Crippen LogP contribution >= 0.6 is 0 Å². The number of fused-ring (bicyclic) bond motifs is 1. The van der Waals surface area contributed by atoms with Crippen molar-refractivity contribution in [2.45, 2.75) is 12.5 Å². The van der Waals surface area contributed by atoms with E-state index in [-0.39, 0.29) is 19.1 Å². The summed E-state index contributed by atoms with van der Waals surface area (Å²) >= 11 is 0. The molecule has 1 aromatic carbocycles. The number of hydrogen-bond donors (Lipinski definition) is 4. The van der Waals surface area contributed by atoms with Gasteiger partial charge in [-0.3, -0.25) is 0 Å². The van der Waals surface area contributed by atoms with Crippen molar-refractivity contribution in [3.63, 3.8) is 0 Å². The Morgan fingerprint density at radius 3 is 2.78 bits per heavy atom. The zero-order valence-electron chi connectivity index (χ0n) is 10.1. The number of aliphatic hydroxyl groups excluding tert-OH is 1. The van der Waals surface area contributed by atoms with E-state index in [0.717, 1.165) is 10.9 Å². The Hall–Kier alpha value is -1.92. The highest BCUT2D eigenvalue weighted by Gasteiger charge is 2.19. The van der Waals surface area contributed by atoms with E-state index in [9.17, 15) is 5.11 Å². The highest BCUT2D eigenvalue weighted by Crippen LogP contribution is 2.21. The molecule has 0 saturated heterocycles. The molecule has 0 fully saturated rings. The largest absolute Gasteiger partial charge is 0.393 e. The molecule has 6 heteroatoms.